The number of halogens is 1. The van der Waals surface area contributed by atoms with Crippen molar-refractivity contribution in [2.24, 2.45) is 0 Å². The van der Waals surface area contributed by atoms with Gasteiger partial charge in [-0.25, -0.2) is 4.39 Å². The molecule has 2 aromatic rings. The molecule has 1 atom stereocenters. The molecule has 0 fully saturated rings. The lowest BCUT2D eigenvalue weighted by Gasteiger charge is -2.15. The number of carbonyl (C=O) groups is 1. The van der Waals surface area contributed by atoms with E-state index in [-0.39, 0.29) is 12.2 Å². The van der Waals surface area contributed by atoms with Crippen molar-refractivity contribution >= 4 is 5.91 Å². The van der Waals surface area contributed by atoms with E-state index in [1.165, 1.54) is 18.2 Å². The summed E-state index contributed by atoms with van der Waals surface area (Å²) in [5.41, 5.74) is 2.17. The summed E-state index contributed by atoms with van der Waals surface area (Å²) in [5.74, 6) is -0.0403. The Kier molecular flexibility index (Phi) is 6.13. The Bertz CT molecular complexity index is 797. The zero-order valence-corrected chi connectivity index (χ0v) is 14.5. The molecule has 130 valence electrons. The molecule has 4 nitrogen and oxygen atoms in total. The predicted octanol–water partition coefficient (Wildman–Crippen LogP) is 4.02. The SMILES string of the molecule is Cc1ccc(C(C)C)cc1OCC(=O)NC(C#N)c1ccccc1F. The van der Waals surface area contributed by atoms with Gasteiger partial charge in [0.15, 0.2) is 6.61 Å². The van der Waals surface area contributed by atoms with Crippen LogP contribution in [-0.2, 0) is 4.79 Å². The van der Waals surface area contributed by atoms with Crippen LogP contribution in [0, 0.1) is 24.1 Å². The highest BCUT2D eigenvalue weighted by atomic mass is 19.1. The number of nitriles is 1. The molecule has 1 N–H and O–H groups in total. The van der Waals surface area contributed by atoms with Crippen LogP contribution in [0.2, 0.25) is 0 Å². The van der Waals surface area contributed by atoms with Gasteiger partial charge >= 0.3 is 0 Å². The molecule has 0 bridgehead atoms. The summed E-state index contributed by atoms with van der Waals surface area (Å²) in [7, 11) is 0. The predicted molar refractivity (Wildman–Crippen MR) is 93.7 cm³/mol. The molecule has 0 saturated heterocycles. The minimum atomic E-state index is -1.06. The molecule has 0 heterocycles. The van der Waals surface area contributed by atoms with Crippen LogP contribution in [0.15, 0.2) is 42.5 Å². The van der Waals surface area contributed by atoms with Gasteiger partial charge < -0.3 is 10.1 Å². The number of hydrogen-bond acceptors (Lipinski definition) is 3. The molecule has 0 aliphatic carbocycles. The first-order chi connectivity index (χ1) is 11.9. The number of hydrogen-bond donors (Lipinski definition) is 1. The number of aryl methyl sites for hydroxylation is 1. The Labute approximate surface area is 147 Å². The first-order valence-corrected chi connectivity index (χ1v) is 8.09. The van der Waals surface area contributed by atoms with Crippen LogP contribution in [0.4, 0.5) is 4.39 Å². The lowest BCUT2D eigenvalue weighted by molar-refractivity contribution is -0.123. The summed E-state index contributed by atoms with van der Waals surface area (Å²) in [5, 5.41) is 11.7. The number of ether oxygens (including phenoxy) is 1. The summed E-state index contributed by atoms with van der Waals surface area (Å²) in [6.45, 7) is 5.81. The second-order valence-electron chi connectivity index (χ2n) is 6.12. The third-order valence-electron chi connectivity index (χ3n) is 3.89. The van der Waals surface area contributed by atoms with Crippen molar-refractivity contribution in [1.29, 1.82) is 5.26 Å². The molecule has 0 aliphatic heterocycles. The zero-order valence-electron chi connectivity index (χ0n) is 14.5. The topological polar surface area (TPSA) is 62.1 Å². The van der Waals surface area contributed by atoms with Crippen molar-refractivity contribution < 1.29 is 13.9 Å². The molecular weight excluding hydrogens is 319 g/mol. The van der Waals surface area contributed by atoms with E-state index in [1.54, 1.807) is 6.07 Å². The summed E-state index contributed by atoms with van der Waals surface area (Å²) in [6, 6.07) is 12.6. The van der Waals surface area contributed by atoms with Gasteiger partial charge in [-0.3, -0.25) is 4.79 Å². The van der Waals surface area contributed by atoms with Crippen molar-refractivity contribution in [3.63, 3.8) is 0 Å². The Morgan fingerprint density at radius 2 is 2.00 bits per heavy atom. The second-order valence-corrected chi connectivity index (χ2v) is 6.12. The fourth-order valence-electron chi connectivity index (χ4n) is 2.37. The number of carbonyl (C=O) groups excluding carboxylic acids is 1. The van der Waals surface area contributed by atoms with E-state index in [1.807, 2.05) is 31.2 Å². The molecule has 0 aliphatic rings. The number of benzene rings is 2. The van der Waals surface area contributed by atoms with E-state index in [4.69, 9.17) is 4.74 Å². The number of amides is 1. The van der Waals surface area contributed by atoms with Crippen LogP contribution >= 0.6 is 0 Å². The molecule has 5 heteroatoms. The quantitative estimate of drug-likeness (QED) is 0.864. The van der Waals surface area contributed by atoms with Crippen molar-refractivity contribution in [2.75, 3.05) is 6.61 Å². The molecule has 0 radical (unpaired) electrons. The van der Waals surface area contributed by atoms with E-state index < -0.39 is 17.8 Å². The number of rotatable bonds is 6. The lowest BCUT2D eigenvalue weighted by atomic mass is 10.0. The average Bonchev–Trinajstić information content (AvgIpc) is 2.59. The van der Waals surface area contributed by atoms with Crippen LogP contribution < -0.4 is 10.1 Å². The van der Waals surface area contributed by atoms with Crippen LogP contribution in [0.3, 0.4) is 0 Å². The molecule has 25 heavy (non-hydrogen) atoms. The van der Waals surface area contributed by atoms with Gasteiger partial charge in [-0.2, -0.15) is 5.26 Å². The lowest BCUT2D eigenvalue weighted by Crippen LogP contribution is -2.32. The van der Waals surface area contributed by atoms with Gasteiger partial charge in [0.2, 0.25) is 0 Å². The number of nitrogens with one attached hydrogen (secondary N) is 1. The molecule has 0 aromatic heterocycles. The molecule has 2 aromatic carbocycles. The summed E-state index contributed by atoms with van der Waals surface area (Å²) < 4.78 is 19.4. The Hall–Kier alpha value is -2.87. The van der Waals surface area contributed by atoms with Crippen LogP contribution in [0.25, 0.3) is 0 Å². The first-order valence-electron chi connectivity index (χ1n) is 8.09. The van der Waals surface area contributed by atoms with Gasteiger partial charge in [0.1, 0.15) is 17.6 Å². The Morgan fingerprint density at radius 1 is 1.28 bits per heavy atom. The standard InChI is InChI=1S/C20H21FN2O2/c1-13(2)15-9-8-14(3)19(10-15)25-12-20(24)23-18(11-22)16-6-4-5-7-17(16)21/h4-10,13,18H,12H2,1-3H3,(H,23,24). The van der Waals surface area contributed by atoms with Gasteiger partial charge in [0, 0.05) is 5.56 Å². The normalized spacial score (nSPS) is 11.7. The van der Waals surface area contributed by atoms with Crippen molar-refractivity contribution in [2.45, 2.75) is 32.7 Å². The summed E-state index contributed by atoms with van der Waals surface area (Å²) in [6.07, 6.45) is 0. The van der Waals surface area contributed by atoms with E-state index in [0.29, 0.717) is 11.7 Å². The van der Waals surface area contributed by atoms with E-state index >= 15 is 0 Å². The Morgan fingerprint density at radius 3 is 2.64 bits per heavy atom. The first kappa shape index (κ1) is 18.5. The maximum absolute atomic E-state index is 13.8. The van der Waals surface area contributed by atoms with Crippen molar-refractivity contribution in [1.82, 2.24) is 5.32 Å². The van der Waals surface area contributed by atoms with E-state index in [0.717, 1.165) is 11.1 Å². The van der Waals surface area contributed by atoms with Gasteiger partial charge in [-0.1, -0.05) is 44.2 Å². The third kappa shape index (κ3) is 4.80. The summed E-state index contributed by atoms with van der Waals surface area (Å²) >= 11 is 0. The van der Waals surface area contributed by atoms with Crippen molar-refractivity contribution in [3.8, 4) is 11.8 Å². The molecule has 1 amide bonds. The van der Waals surface area contributed by atoms with Crippen LogP contribution in [0.5, 0.6) is 5.75 Å². The zero-order chi connectivity index (χ0) is 18.4. The maximum Gasteiger partial charge on any atom is 0.259 e. The average molecular weight is 340 g/mol. The highest BCUT2D eigenvalue weighted by Crippen LogP contribution is 2.24. The smallest absolute Gasteiger partial charge is 0.259 e. The van der Waals surface area contributed by atoms with Crippen LogP contribution in [0.1, 0.15) is 42.5 Å². The fraction of sp³-hybridized carbons (Fsp3) is 0.300. The van der Waals surface area contributed by atoms with E-state index in [9.17, 15) is 14.4 Å². The second kappa shape index (κ2) is 8.29. The van der Waals surface area contributed by atoms with Crippen molar-refractivity contribution in [3.05, 3.63) is 65.0 Å². The minimum Gasteiger partial charge on any atom is -0.483 e. The highest BCUT2D eigenvalue weighted by Gasteiger charge is 2.17. The van der Waals surface area contributed by atoms with Crippen LogP contribution in [-0.4, -0.2) is 12.5 Å². The molecule has 0 saturated carbocycles. The molecular formula is C20H21FN2O2. The fourth-order valence-corrected chi connectivity index (χ4v) is 2.37. The molecule has 1 unspecified atom stereocenters. The molecule has 0 spiro atoms. The monoisotopic (exact) mass is 340 g/mol. The summed E-state index contributed by atoms with van der Waals surface area (Å²) in [4.78, 5) is 12.1. The largest absolute Gasteiger partial charge is 0.483 e. The Balaban J connectivity index is 2.02. The highest BCUT2D eigenvalue weighted by molar-refractivity contribution is 5.78. The maximum atomic E-state index is 13.8. The van der Waals surface area contributed by atoms with Gasteiger partial charge in [0.05, 0.1) is 6.07 Å². The van der Waals surface area contributed by atoms with Gasteiger partial charge in [-0.15, -0.1) is 0 Å². The van der Waals surface area contributed by atoms with Gasteiger partial charge in [0.25, 0.3) is 5.91 Å². The molecule has 2 rings (SSSR count). The van der Waals surface area contributed by atoms with Gasteiger partial charge in [-0.05, 0) is 36.1 Å². The number of nitrogens with zero attached hydrogens (tertiary/aromatic N) is 1. The third-order valence-corrected chi connectivity index (χ3v) is 3.89. The van der Waals surface area contributed by atoms with E-state index in [2.05, 4.69) is 19.2 Å². The minimum absolute atomic E-state index is 0.135.